The van der Waals surface area contributed by atoms with Crippen molar-refractivity contribution < 1.29 is 71.7 Å². The highest BCUT2D eigenvalue weighted by Crippen LogP contribution is 2.53. The van der Waals surface area contributed by atoms with E-state index in [1.165, 1.54) is 84.0 Å². The van der Waals surface area contributed by atoms with Crippen molar-refractivity contribution in [1.29, 1.82) is 0 Å². The van der Waals surface area contributed by atoms with E-state index in [-0.39, 0.29) is 63.8 Å². The first-order valence-corrected chi connectivity index (χ1v) is 29.4. The summed E-state index contributed by atoms with van der Waals surface area (Å²) in [5.74, 6) is -2.25. The molecule has 79 heavy (non-hydrogen) atoms. The van der Waals surface area contributed by atoms with Crippen molar-refractivity contribution in [2.45, 2.75) is 171 Å². The van der Waals surface area contributed by atoms with Gasteiger partial charge in [0.15, 0.2) is 46.9 Å². The third-order valence-corrected chi connectivity index (χ3v) is 16.1. The molecule has 0 spiro atoms. The Morgan fingerprint density at radius 2 is 1.18 bits per heavy atom. The van der Waals surface area contributed by atoms with Crippen LogP contribution in [0.3, 0.4) is 0 Å². The highest BCUT2D eigenvalue weighted by molar-refractivity contribution is 7.47. The molecule has 3 saturated heterocycles. The number of hydrogen-bond acceptors (Lipinski definition) is 24. The van der Waals surface area contributed by atoms with Crippen LogP contribution in [-0.2, 0) is 41.7 Å². The Labute approximate surface area is 451 Å². The van der Waals surface area contributed by atoms with Crippen molar-refractivity contribution in [3.05, 3.63) is 38.0 Å². The van der Waals surface area contributed by atoms with Crippen molar-refractivity contribution in [1.82, 2.24) is 63.9 Å². The van der Waals surface area contributed by atoms with Crippen molar-refractivity contribution >= 4 is 72.5 Å². The van der Waals surface area contributed by atoms with Crippen LogP contribution in [0, 0.1) is 5.92 Å². The third kappa shape index (κ3) is 13.3. The van der Waals surface area contributed by atoms with Crippen LogP contribution in [0.5, 0.6) is 0 Å². The summed E-state index contributed by atoms with van der Waals surface area (Å²) in [5.41, 5.74) is 18.9. The number of rotatable bonds is 28. The van der Waals surface area contributed by atoms with Crippen molar-refractivity contribution in [3.8, 4) is 0 Å². The van der Waals surface area contributed by atoms with Gasteiger partial charge in [-0.3, -0.25) is 32.1 Å². The van der Waals surface area contributed by atoms with Gasteiger partial charge in [0.25, 0.3) is 0 Å². The molecular formula is C46H68N16O15P2. The van der Waals surface area contributed by atoms with Crippen molar-refractivity contribution in [2.24, 2.45) is 5.92 Å². The molecule has 6 aromatic heterocycles. The molecule has 13 unspecified atom stereocenters. The summed E-state index contributed by atoms with van der Waals surface area (Å²) in [6, 6.07) is -1.53. The molecule has 3 aliphatic heterocycles. The van der Waals surface area contributed by atoms with Crippen molar-refractivity contribution in [2.75, 3.05) is 30.4 Å². The third-order valence-electron chi connectivity index (χ3n) is 14.5. The van der Waals surface area contributed by atoms with Gasteiger partial charge in [-0.2, -0.15) is 0 Å². The Balaban J connectivity index is 0.972. The molecule has 9 heterocycles. The normalized spacial score (nSPS) is 26.6. The summed E-state index contributed by atoms with van der Waals surface area (Å²) in [4.78, 5) is 84.1. The summed E-state index contributed by atoms with van der Waals surface area (Å²) >= 11 is 0. The molecule has 33 heteroatoms. The van der Waals surface area contributed by atoms with Gasteiger partial charge in [0.05, 0.1) is 56.4 Å². The van der Waals surface area contributed by atoms with Crippen LogP contribution in [0.25, 0.3) is 33.5 Å². The monoisotopic (exact) mass is 1150 g/mol. The predicted octanol–water partition coefficient (Wildman–Crippen LogP) is 2.61. The number of anilines is 3. The highest BCUT2D eigenvalue weighted by atomic mass is 31.2. The van der Waals surface area contributed by atoms with Crippen LogP contribution in [0.4, 0.5) is 17.5 Å². The maximum atomic E-state index is 14.0. The van der Waals surface area contributed by atoms with Crippen LogP contribution in [0.1, 0.15) is 122 Å². The highest BCUT2D eigenvalue weighted by Gasteiger charge is 2.59. The number of nitrogens with zero attached hydrogens (tertiary/aromatic N) is 12. The topological polar surface area (TPSA) is 449 Å². The second-order valence-electron chi connectivity index (χ2n) is 20.0. The Hall–Kier alpha value is -5.50. The standard InChI is InChI=1S/C46H68N16O15P2/c1-2-3-4-5-6-7-8-9-10-11-12-13-14-15-28(64)59-30-35(66)46(62-24-58-33-40(49)52-21-55-43(33)62)75-37(30)36(77-78(67,68)69)29-34(65)27(74-45(29)61-23-57-32-39(48)51-20-54-42(32)61)18-72-79(70,71)76-26-16-25(17-63)73-44(26)60-22-56-31-38(47)50-19-53-41(31)60/h19-27,29-30,34-37,44-46,63,65-66H,2-18H2,1H3,(H,59,64)(H,70,71)(H2,47,50,53)(H2,48,51,54)(H2,49,52,55)(H2,67,68,69). The number of amides is 1. The molecule has 6 aromatic rings. The average Bonchev–Trinajstić information content (AvgIpc) is 4.41. The van der Waals surface area contributed by atoms with Crippen LogP contribution >= 0.6 is 15.6 Å². The lowest BCUT2D eigenvalue weighted by molar-refractivity contribution is -0.125. The van der Waals surface area contributed by atoms with E-state index in [1.807, 2.05) is 0 Å². The number of imidazole rings is 3. The SMILES string of the molecule is CCCCCCCCCCCCCCCC(=O)NC1C(O)C(n2cnc3c(N)ncnc32)OC1C(OP(=O)(O)O)C1C(O)C(COP(=O)(O)OC2CC(CO)OC2n2cnc3c(N)ncnc32)OC1n1cnc2c(N)ncnc21. The first-order chi connectivity index (χ1) is 38.0. The maximum Gasteiger partial charge on any atom is 0.472 e. The zero-order valence-corrected chi connectivity index (χ0v) is 45.1. The van der Waals surface area contributed by atoms with Crippen LogP contribution < -0.4 is 22.5 Å². The largest absolute Gasteiger partial charge is 0.472 e. The van der Waals surface area contributed by atoms with Crippen molar-refractivity contribution in [3.63, 3.8) is 0 Å². The molecule has 0 aromatic carbocycles. The van der Waals surface area contributed by atoms with Crippen LogP contribution in [0.15, 0.2) is 38.0 Å². The second kappa shape index (κ2) is 25.5. The van der Waals surface area contributed by atoms with E-state index in [9.17, 15) is 43.9 Å². The first-order valence-electron chi connectivity index (χ1n) is 26.4. The molecule has 1 amide bonds. The number of fused-ring (bicyclic) bond motifs is 3. The Morgan fingerprint density at radius 1 is 0.684 bits per heavy atom. The van der Waals surface area contributed by atoms with Gasteiger partial charge in [0.2, 0.25) is 5.91 Å². The van der Waals surface area contributed by atoms with Gasteiger partial charge in [0, 0.05) is 12.8 Å². The second-order valence-corrected chi connectivity index (χ2v) is 22.6. The number of aliphatic hydroxyl groups is 3. The van der Waals surface area contributed by atoms with E-state index in [2.05, 4.69) is 57.1 Å². The molecule has 13 N–H and O–H groups in total. The Bertz CT molecular complexity index is 3110. The fraction of sp³-hybridized carbons (Fsp3) is 0.652. The molecule has 0 aliphatic carbocycles. The van der Waals surface area contributed by atoms with Crippen LogP contribution in [0.2, 0.25) is 0 Å². The number of nitrogens with one attached hydrogen (secondary N) is 1. The molecule has 13 atom stereocenters. The predicted molar refractivity (Wildman–Crippen MR) is 278 cm³/mol. The molecule has 432 valence electrons. The summed E-state index contributed by atoms with van der Waals surface area (Å²) < 4.78 is 66.8. The number of carbonyl (C=O) groups is 1. The van der Waals surface area contributed by atoms with E-state index < -0.39 is 108 Å². The van der Waals surface area contributed by atoms with Gasteiger partial charge < -0.3 is 66.7 Å². The van der Waals surface area contributed by atoms with Gasteiger partial charge in [-0.1, -0.05) is 84.0 Å². The molecule has 0 bridgehead atoms. The number of hydrogen-bond donors (Lipinski definition) is 10. The van der Waals surface area contributed by atoms with E-state index in [4.69, 9.17) is 45.0 Å². The quantitative estimate of drug-likeness (QED) is 0.0249. The number of phosphoric acid groups is 2. The van der Waals surface area contributed by atoms with Gasteiger partial charge in [-0.15, -0.1) is 0 Å². The minimum absolute atomic E-state index is 0.00596. The summed E-state index contributed by atoms with van der Waals surface area (Å²) in [5, 5.41) is 37.6. The fourth-order valence-electron chi connectivity index (χ4n) is 10.7. The van der Waals surface area contributed by atoms with E-state index >= 15 is 0 Å². The minimum atomic E-state index is -5.65. The lowest BCUT2D eigenvalue weighted by atomic mass is 9.87. The Morgan fingerprint density at radius 3 is 1.68 bits per heavy atom. The number of ether oxygens (including phenoxy) is 3. The lowest BCUT2D eigenvalue weighted by Crippen LogP contribution is -2.55. The number of nitrogens with two attached hydrogens (primary N) is 3. The zero-order chi connectivity index (χ0) is 56.0. The van der Waals surface area contributed by atoms with E-state index in [0.717, 1.165) is 44.8 Å². The average molecular weight is 1150 g/mol. The lowest BCUT2D eigenvalue weighted by Gasteiger charge is -2.35. The first kappa shape index (κ1) is 58.2. The van der Waals surface area contributed by atoms with E-state index in [1.54, 1.807) is 0 Å². The maximum absolute atomic E-state index is 14.0. The van der Waals surface area contributed by atoms with Crippen LogP contribution in [-0.4, -0.2) is 156 Å². The summed E-state index contributed by atoms with van der Waals surface area (Å²) in [6.07, 6.45) is 5.68. The molecule has 9 rings (SSSR count). The molecular weight excluding hydrogens is 1080 g/mol. The summed E-state index contributed by atoms with van der Waals surface area (Å²) in [6.45, 7) is 0.788. The smallest absolute Gasteiger partial charge is 0.394 e. The molecule has 3 fully saturated rings. The fourth-order valence-corrected chi connectivity index (χ4v) is 12.2. The Kier molecular flexibility index (Phi) is 18.8. The summed E-state index contributed by atoms with van der Waals surface area (Å²) in [7, 11) is -10.8. The van der Waals surface area contributed by atoms with Gasteiger partial charge in [-0.05, 0) is 6.42 Å². The number of unbranched alkanes of at least 4 members (excludes halogenated alkanes) is 12. The molecule has 0 saturated carbocycles. The van der Waals surface area contributed by atoms with Gasteiger partial charge in [0.1, 0.15) is 72.3 Å². The molecule has 3 aliphatic rings. The number of carbonyl (C=O) groups excluding carboxylic acids is 1. The molecule has 31 nitrogen and oxygen atoms in total. The number of aliphatic hydroxyl groups excluding tert-OH is 3. The number of nitrogen functional groups attached to an aromatic ring is 3. The number of phosphoric ester groups is 2. The van der Waals surface area contributed by atoms with Gasteiger partial charge >= 0.3 is 15.6 Å². The molecule has 0 radical (unpaired) electrons. The zero-order valence-electron chi connectivity index (χ0n) is 43.3. The van der Waals surface area contributed by atoms with Gasteiger partial charge in [-0.25, -0.2) is 54.0 Å². The minimum Gasteiger partial charge on any atom is -0.394 e. The number of aromatic nitrogens is 12. The van der Waals surface area contributed by atoms with E-state index in [0.29, 0.717) is 6.42 Å².